The lowest BCUT2D eigenvalue weighted by atomic mass is 10.1. The van der Waals surface area contributed by atoms with Gasteiger partial charge in [-0.25, -0.2) is 9.97 Å². The zero-order valence-corrected chi connectivity index (χ0v) is 11.5. The van der Waals surface area contributed by atoms with Crippen LogP contribution in [0, 0.1) is 0 Å². The molecular formula is C13H14N8. The first-order valence-electron chi connectivity index (χ1n) is 6.73. The number of hydrogen-bond acceptors (Lipinski definition) is 7. The van der Waals surface area contributed by atoms with Crippen LogP contribution < -0.4 is 9.80 Å². The van der Waals surface area contributed by atoms with E-state index in [9.17, 15) is 0 Å². The molecule has 0 aliphatic carbocycles. The number of nitrogens with zero attached hydrogens (tertiary/aromatic N) is 8. The van der Waals surface area contributed by atoms with Gasteiger partial charge in [0, 0.05) is 32.5 Å². The molecule has 1 aliphatic rings. The minimum absolute atomic E-state index is 0.394. The summed E-state index contributed by atoms with van der Waals surface area (Å²) in [4.78, 5) is 12.9. The van der Waals surface area contributed by atoms with Crippen LogP contribution in [0.2, 0.25) is 0 Å². The predicted molar refractivity (Wildman–Crippen MR) is 77.2 cm³/mol. The van der Waals surface area contributed by atoms with Gasteiger partial charge in [-0.05, 0) is 18.2 Å². The molecule has 21 heavy (non-hydrogen) atoms. The number of hydrogen-bond donors (Lipinski definition) is 0. The van der Waals surface area contributed by atoms with Gasteiger partial charge in [0.2, 0.25) is 5.95 Å². The highest BCUT2D eigenvalue weighted by Crippen LogP contribution is 2.22. The van der Waals surface area contributed by atoms with Crippen molar-refractivity contribution in [3.63, 3.8) is 0 Å². The highest BCUT2D eigenvalue weighted by atomic mass is 15.4. The fourth-order valence-corrected chi connectivity index (χ4v) is 2.41. The fourth-order valence-electron chi connectivity index (χ4n) is 2.41. The summed E-state index contributed by atoms with van der Waals surface area (Å²) in [5.74, 6) is 1.69. The Kier molecular flexibility index (Phi) is 2.66. The first kappa shape index (κ1) is 12.0. The summed E-state index contributed by atoms with van der Waals surface area (Å²) in [5, 5.41) is 12.3. The zero-order chi connectivity index (χ0) is 14.2. The van der Waals surface area contributed by atoms with Crippen molar-refractivity contribution in [2.75, 3.05) is 29.9 Å². The largest absolute Gasteiger partial charge is 0.351 e. The Morgan fingerprint density at radius 3 is 2.81 bits per heavy atom. The molecule has 1 fully saturated rings. The van der Waals surface area contributed by atoms with Gasteiger partial charge >= 0.3 is 0 Å². The summed E-state index contributed by atoms with van der Waals surface area (Å²) < 4.78 is 1.69. The second kappa shape index (κ2) is 4.65. The van der Waals surface area contributed by atoms with Gasteiger partial charge in [-0.1, -0.05) is 0 Å². The van der Waals surface area contributed by atoms with E-state index >= 15 is 0 Å². The molecular weight excluding hydrogens is 268 g/mol. The Bertz CT molecular complexity index is 749. The number of fused-ring (bicyclic) bond motifs is 1. The lowest BCUT2D eigenvalue weighted by Gasteiger charge is -2.44. The van der Waals surface area contributed by atoms with Crippen LogP contribution in [0.25, 0.3) is 5.65 Å². The zero-order valence-electron chi connectivity index (χ0n) is 11.5. The standard InChI is InChI=1S/C13H14N8/c1-19(13-14-5-2-6-15-13)10-7-20(8-10)12-4-3-11-17-16-9-21(11)18-12/h2-6,9-10H,7-8H2,1H3. The van der Waals surface area contributed by atoms with Gasteiger partial charge in [0.05, 0.1) is 6.04 Å². The molecule has 0 atom stereocenters. The number of likely N-dealkylation sites (N-methyl/N-ethyl adjacent to an activating group) is 1. The van der Waals surface area contributed by atoms with Gasteiger partial charge in [0.25, 0.3) is 0 Å². The van der Waals surface area contributed by atoms with Crippen molar-refractivity contribution in [1.29, 1.82) is 0 Å². The summed E-state index contributed by atoms with van der Waals surface area (Å²) >= 11 is 0. The molecule has 106 valence electrons. The van der Waals surface area contributed by atoms with E-state index < -0.39 is 0 Å². The van der Waals surface area contributed by atoms with E-state index in [-0.39, 0.29) is 0 Å². The van der Waals surface area contributed by atoms with E-state index in [1.54, 1.807) is 23.2 Å². The average Bonchev–Trinajstić information content (AvgIpc) is 2.94. The van der Waals surface area contributed by atoms with E-state index in [1.807, 2.05) is 25.2 Å². The van der Waals surface area contributed by atoms with Crippen molar-refractivity contribution in [1.82, 2.24) is 29.8 Å². The highest BCUT2D eigenvalue weighted by Gasteiger charge is 2.32. The van der Waals surface area contributed by atoms with Gasteiger partial charge < -0.3 is 9.80 Å². The van der Waals surface area contributed by atoms with Crippen LogP contribution in [-0.2, 0) is 0 Å². The Morgan fingerprint density at radius 1 is 1.19 bits per heavy atom. The summed E-state index contributed by atoms with van der Waals surface area (Å²) in [7, 11) is 2.02. The molecule has 0 aromatic carbocycles. The van der Waals surface area contributed by atoms with Crippen molar-refractivity contribution in [2.24, 2.45) is 0 Å². The monoisotopic (exact) mass is 282 g/mol. The molecule has 8 nitrogen and oxygen atoms in total. The fraction of sp³-hybridized carbons (Fsp3) is 0.308. The Hall–Kier alpha value is -2.77. The Morgan fingerprint density at radius 2 is 2.00 bits per heavy atom. The van der Waals surface area contributed by atoms with E-state index in [0.717, 1.165) is 30.5 Å². The van der Waals surface area contributed by atoms with Gasteiger partial charge in [0.15, 0.2) is 5.65 Å². The molecule has 4 heterocycles. The van der Waals surface area contributed by atoms with Gasteiger partial charge in [-0.15, -0.1) is 15.3 Å². The van der Waals surface area contributed by atoms with Crippen LogP contribution in [-0.4, -0.2) is 56.0 Å². The SMILES string of the molecule is CN(c1ncccn1)C1CN(c2ccc3nncn3n2)C1. The average molecular weight is 282 g/mol. The molecule has 4 rings (SSSR count). The summed E-state index contributed by atoms with van der Waals surface area (Å²) in [6, 6.07) is 6.11. The maximum absolute atomic E-state index is 4.49. The van der Waals surface area contributed by atoms with Crippen LogP contribution in [0.3, 0.4) is 0 Å². The molecule has 0 N–H and O–H groups in total. The van der Waals surface area contributed by atoms with Crippen LogP contribution in [0.4, 0.5) is 11.8 Å². The molecule has 0 spiro atoms. The van der Waals surface area contributed by atoms with Crippen molar-refractivity contribution >= 4 is 17.4 Å². The van der Waals surface area contributed by atoms with Gasteiger partial charge in [-0.2, -0.15) is 4.52 Å². The first-order valence-corrected chi connectivity index (χ1v) is 6.73. The van der Waals surface area contributed by atoms with Crippen molar-refractivity contribution < 1.29 is 0 Å². The quantitative estimate of drug-likeness (QED) is 0.681. The molecule has 0 saturated carbocycles. The normalized spacial score (nSPS) is 15.2. The third kappa shape index (κ3) is 2.04. The third-order valence-corrected chi connectivity index (χ3v) is 3.75. The molecule has 3 aromatic rings. The second-order valence-corrected chi connectivity index (χ2v) is 5.04. The van der Waals surface area contributed by atoms with Crippen molar-refractivity contribution in [3.8, 4) is 0 Å². The molecule has 0 unspecified atom stereocenters. The van der Waals surface area contributed by atoms with Crippen LogP contribution in [0.15, 0.2) is 36.9 Å². The third-order valence-electron chi connectivity index (χ3n) is 3.75. The van der Waals surface area contributed by atoms with Crippen LogP contribution in [0.1, 0.15) is 0 Å². The highest BCUT2D eigenvalue weighted by molar-refractivity contribution is 5.49. The molecule has 0 amide bonds. The van der Waals surface area contributed by atoms with E-state index in [1.165, 1.54) is 0 Å². The molecule has 3 aromatic heterocycles. The lowest BCUT2D eigenvalue weighted by Crippen LogP contribution is -2.59. The minimum Gasteiger partial charge on any atom is -0.351 e. The minimum atomic E-state index is 0.394. The van der Waals surface area contributed by atoms with Crippen molar-refractivity contribution in [2.45, 2.75) is 6.04 Å². The molecule has 0 bridgehead atoms. The number of rotatable bonds is 3. The van der Waals surface area contributed by atoms with Gasteiger partial charge in [0.1, 0.15) is 12.1 Å². The summed E-state index contributed by atoms with van der Waals surface area (Å²) in [6.07, 6.45) is 5.13. The van der Waals surface area contributed by atoms with Crippen molar-refractivity contribution in [3.05, 3.63) is 36.9 Å². The lowest BCUT2D eigenvalue weighted by molar-refractivity contribution is 0.484. The Labute approximate surface area is 121 Å². The van der Waals surface area contributed by atoms with E-state index in [2.05, 4.69) is 35.1 Å². The smallest absolute Gasteiger partial charge is 0.225 e. The summed E-state index contributed by atoms with van der Waals surface area (Å²) in [6.45, 7) is 1.80. The first-order chi connectivity index (χ1) is 10.3. The number of anilines is 2. The van der Waals surface area contributed by atoms with Crippen LogP contribution >= 0.6 is 0 Å². The number of aromatic nitrogens is 6. The van der Waals surface area contributed by atoms with Gasteiger partial charge in [-0.3, -0.25) is 0 Å². The molecule has 0 radical (unpaired) electrons. The van der Waals surface area contributed by atoms with E-state index in [4.69, 9.17) is 0 Å². The maximum Gasteiger partial charge on any atom is 0.225 e. The molecule has 1 saturated heterocycles. The predicted octanol–water partition coefficient (Wildman–Crippen LogP) is 0.239. The summed E-state index contributed by atoms with van der Waals surface area (Å²) in [5.41, 5.74) is 0.755. The Balaban J connectivity index is 1.47. The topological polar surface area (TPSA) is 75.3 Å². The molecule has 8 heteroatoms. The molecule has 1 aliphatic heterocycles. The van der Waals surface area contributed by atoms with E-state index in [0.29, 0.717) is 6.04 Å². The van der Waals surface area contributed by atoms with Crippen LogP contribution in [0.5, 0.6) is 0 Å². The second-order valence-electron chi connectivity index (χ2n) is 5.04. The maximum atomic E-state index is 4.49.